The van der Waals surface area contributed by atoms with Crippen molar-refractivity contribution >= 4 is 28.5 Å². The van der Waals surface area contributed by atoms with Gasteiger partial charge in [-0.25, -0.2) is 0 Å². The Balaban J connectivity index is 1.69. The lowest BCUT2D eigenvalue weighted by atomic mass is 9.99. The van der Waals surface area contributed by atoms with Gasteiger partial charge < -0.3 is 14.8 Å². The fourth-order valence-electron chi connectivity index (χ4n) is 4.22. The van der Waals surface area contributed by atoms with E-state index in [1.54, 1.807) is 6.08 Å². The molecule has 1 amide bonds. The molecule has 6 heteroatoms. The molecular weight excluding hydrogens is 458 g/mol. The summed E-state index contributed by atoms with van der Waals surface area (Å²) in [4.78, 5) is 24.5. The molecule has 5 nitrogen and oxygen atoms in total. The van der Waals surface area contributed by atoms with Crippen molar-refractivity contribution in [2.24, 2.45) is 0 Å². The Hall–Kier alpha value is -1.95. The molecule has 0 radical (unpaired) electrons. The van der Waals surface area contributed by atoms with Crippen molar-refractivity contribution in [3.05, 3.63) is 36.1 Å². The molecule has 0 aromatic heterocycles. The summed E-state index contributed by atoms with van der Waals surface area (Å²) in [7, 11) is 0. The van der Waals surface area contributed by atoms with Gasteiger partial charge in [0.1, 0.15) is 11.5 Å². The summed E-state index contributed by atoms with van der Waals surface area (Å²) in [5, 5.41) is 2.87. The third-order valence-electron chi connectivity index (χ3n) is 6.37. The summed E-state index contributed by atoms with van der Waals surface area (Å²) in [6.45, 7) is 7.09. The van der Waals surface area contributed by atoms with E-state index in [1.165, 1.54) is 69.5 Å². The number of ether oxygens (including phenoxy) is 2. The summed E-state index contributed by atoms with van der Waals surface area (Å²) in [5.74, 6) is 1.19. The largest absolute Gasteiger partial charge is 0.494 e. The van der Waals surface area contributed by atoms with Crippen LogP contribution in [0, 0.1) is 0 Å². The van der Waals surface area contributed by atoms with Crippen LogP contribution in [0.1, 0.15) is 104 Å². The Morgan fingerprint density at radius 3 is 2.11 bits per heavy atom. The van der Waals surface area contributed by atoms with E-state index in [2.05, 4.69) is 19.2 Å². The van der Waals surface area contributed by atoms with E-state index in [0.29, 0.717) is 11.4 Å². The predicted molar refractivity (Wildman–Crippen MR) is 147 cm³/mol. The van der Waals surface area contributed by atoms with E-state index in [1.807, 2.05) is 31.2 Å². The van der Waals surface area contributed by atoms with Crippen molar-refractivity contribution in [3.8, 4) is 5.75 Å². The second-order valence-electron chi connectivity index (χ2n) is 9.66. The van der Waals surface area contributed by atoms with Gasteiger partial charge in [-0.05, 0) is 44.0 Å². The smallest absolute Gasteiger partial charge is 0.262 e. The molecule has 0 bridgehead atoms. The minimum atomic E-state index is -0.378. The molecule has 1 unspecified atom stereocenters. The second kappa shape index (κ2) is 16.7. The Kier molecular flexibility index (Phi) is 13.9. The number of carbonyl (C=O) groups excluding carboxylic acids is 2. The highest BCUT2D eigenvalue weighted by Gasteiger charge is 2.39. The van der Waals surface area contributed by atoms with Crippen molar-refractivity contribution in [3.63, 3.8) is 0 Å². The molecule has 2 rings (SSSR count). The molecule has 1 aliphatic heterocycles. The van der Waals surface area contributed by atoms with E-state index in [0.717, 1.165) is 38.0 Å². The highest BCUT2D eigenvalue weighted by molar-refractivity contribution is 8.15. The van der Waals surface area contributed by atoms with Gasteiger partial charge in [0.2, 0.25) is 5.12 Å². The van der Waals surface area contributed by atoms with Crippen LogP contribution in [0.5, 0.6) is 5.75 Å². The normalized spacial score (nSPS) is 17.3. The molecule has 0 saturated carbocycles. The third kappa shape index (κ3) is 11.6. The van der Waals surface area contributed by atoms with Crippen LogP contribution in [0.25, 0.3) is 0 Å². The molecule has 1 heterocycles. The number of hydrogen-bond donors (Lipinski definition) is 1. The summed E-state index contributed by atoms with van der Waals surface area (Å²) < 4.78 is 11.2. The van der Waals surface area contributed by atoms with E-state index in [9.17, 15) is 9.59 Å². The Morgan fingerprint density at radius 1 is 0.857 bits per heavy atom. The summed E-state index contributed by atoms with van der Waals surface area (Å²) in [6.07, 6.45) is 17.1. The molecule has 0 aliphatic carbocycles. The third-order valence-corrected chi connectivity index (χ3v) is 7.54. The SMILES string of the molecule is CCCCCCCCOc1ccc(NC(=O)COC2=CC(=O)SC2(C)CCCCCCCC)cc1. The van der Waals surface area contributed by atoms with E-state index in [4.69, 9.17) is 9.47 Å². The maximum atomic E-state index is 12.4. The van der Waals surface area contributed by atoms with Crippen LogP contribution in [-0.2, 0) is 14.3 Å². The number of rotatable bonds is 19. The number of amides is 1. The van der Waals surface area contributed by atoms with Gasteiger partial charge in [-0.1, -0.05) is 96.2 Å². The van der Waals surface area contributed by atoms with E-state index >= 15 is 0 Å². The monoisotopic (exact) mass is 503 g/mol. The molecular formula is C29H45NO4S. The zero-order valence-corrected chi connectivity index (χ0v) is 22.9. The molecule has 1 atom stereocenters. The van der Waals surface area contributed by atoms with Crippen molar-refractivity contribution in [2.75, 3.05) is 18.5 Å². The Labute approximate surface area is 216 Å². The zero-order valence-electron chi connectivity index (χ0n) is 22.0. The number of anilines is 1. The zero-order chi connectivity index (χ0) is 25.4. The summed E-state index contributed by atoms with van der Waals surface area (Å²) in [5.41, 5.74) is 0.700. The predicted octanol–water partition coefficient (Wildman–Crippen LogP) is 8.05. The van der Waals surface area contributed by atoms with Crippen LogP contribution in [0.4, 0.5) is 5.69 Å². The number of unbranched alkanes of at least 4 members (excludes halogenated alkanes) is 10. The van der Waals surface area contributed by atoms with Gasteiger partial charge in [0.25, 0.3) is 5.91 Å². The topological polar surface area (TPSA) is 64.6 Å². The standard InChI is InChI=1S/C29H45NO4S/c1-4-6-8-10-12-14-20-29(3)26(22-28(32)35-29)34-23-27(31)30-24-16-18-25(19-17-24)33-21-15-13-11-9-7-5-2/h16-19,22H,4-15,20-21,23H2,1-3H3,(H,30,31). The number of carbonyl (C=O) groups is 2. The lowest BCUT2D eigenvalue weighted by Crippen LogP contribution is -2.26. The highest BCUT2D eigenvalue weighted by atomic mass is 32.2. The molecule has 1 aliphatic rings. The van der Waals surface area contributed by atoms with Gasteiger partial charge in [-0.3, -0.25) is 9.59 Å². The maximum Gasteiger partial charge on any atom is 0.262 e. The van der Waals surface area contributed by atoms with Gasteiger partial charge in [0, 0.05) is 11.8 Å². The first-order chi connectivity index (χ1) is 17.0. The van der Waals surface area contributed by atoms with Crippen molar-refractivity contribution in [2.45, 2.75) is 109 Å². The van der Waals surface area contributed by atoms with Crippen LogP contribution in [-0.4, -0.2) is 29.0 Å². The average molecular weight is 504 g/mol. The van der Waals surface area contributed by atoms with Crippen LogP contribution in [0.15, 0.2) is 36.1 Å². The van der Waals surface area contributed by atoms with Crippen LogP contribution in [0.2, 0.25) is 0 Å². The lowest BCUT2D eigenvalue weighted by molar-refractivity contribution is -0.119. The quantitative estimate of drug-likeness (QED) is 0.193. The molecule has 1 N–H and O–H groups in total. The Bertz CT molecular complexity index is 792. The number of benzene rings is 1. The van der Waals surface area contributed by atoms with E-state index in [-0.39, 0.29) is 22.4 Å². The van der Waals surface area contributed by atoms with Crippen molar-refractivity contribution in [1.29, 1.82) is 0 Å². The molecule has 0 saturated heterocycles. The minimum Gasteiger partial charge on any atom is -0.494 e. The Morgan fingerprint density at radius 2 is 1.46 bits per heavy atom. The van der Waals surface area contributed by atoms with Crippen molar-refractivity contribution in [1.82, 2.24) is 0 Å². The molecule has 0 fully saturated rings. The van der Waals surface area contributed by atoms with Gasteiger partial charge in [-0.2, -0.15) is 0 Å². The summed E-state index contributed by atoms with van der Waals surface area (Å²) >= 11 is 1.31. The highest BCUT2D eigenvalue weighted by Crippen LogP contribution is 2.44. The average Bonchev–Trinajstić information content (AvgIpc) is 3.13. The lowest BCUT2D eigenvalue weighted by Gasteiger charge is -2.26. The number of thioether (sulfide) groups is 1. The first kappa shape index (κ1) is 29.3. The molecule has 196 valence electrons. The molecule has 35 heavy (non-hydrogen) atoms. The van der Waals surface area contributed by atoms with Gasteiger partial charge >= 0.3 is 0 Å². The van der Waals surface area contributed by atoms with Crippen LogP contribution >= 0.6 is 11.8 Å². The molecule has 1 aromatic rings. The molecule has 0 spiro atoms. The minimum absolute atomic E-state index is 0.00504. The number of hydrogen-bond acceptors (Lipinski definition) is 5. The maximum absolute atomic E-state index is 12.4. The van der Waals surface area contributed by atoms with Crippen molar-refractivity contribution < 1.29 is 19.1 Å². The molecule has 1 aromatic carbocycles. The second-order valence-corrected chi connectivity index (χ2v) is 11.2. The van der Waals surface area contributed by atoms with E-state index < -0.39 is 0 Å². The van der Waals surface area contributed by atoms with Gasteiger partial charge in [0.05, 0.1) is 11.4 Å². The number of nitrogens with one attached hydrogen (secondary N) is 1. The van der Waals surface area contributed by atoms with Crippen LogP contribution < -0.4 is 10.1 Å². The summed E-state index contributed by atoms with van der Waals surface area (Å²) in [6, 6.07) is 7.43. The first-order valence-electron chi connectivity index (χ1n) is 13.6. The van der Waals surface area contributed by atoms with Gasteiger partial charge in [0.15, 0.2) is 6.61 Å². The fraction of sp³-hybridized carbons (Fsp3) is 0.655. The first-order valence-corrected chi connectivity index (χ1v) is 14.4. The van der Waals surface area contributed by atoms with Crippen LogP contribution in [0.3, 0.4) is 0 Å². The van der Waals surface area contributed by atoms with Gasteiger partial charge in [-0.15, -0.1) is 0 Å². The fourth-order valence-corrected chi connectivity index (χ4v) is 5.29.